The quantitative estimate of drug-likeness (QED) is 0.299. The number of hydrogen-bond donors (Lipinski definition) is 6. The van der Waals surface area contributed by atoms with E-state index in [9.17, 15) is 25.5 Å². The molecule has 3 fully saturated rings. The van der Waals surface area contributed by atoms with Gasteiger partial charge < -0.3 is 49.6 Å². The highest BCUT2D eigenvalue weighted by molar-refractivity contribution is 4.98. The summed E-state index contributed by atoms with van der Waals surface area (Å²) >= 11 is 0. The molecule has 3 heterocycles. The Kier molecular flexibility index (Phi) is 4.67. The van der Waals surface area contributed by atoms with Crippen LogP contribution < -0.4 is 0 Å². The second-order valence-corrected chi connectivity index (χ2v) is 5.65. The number of aliphatic hydroxyl groups is 6. The van der Waals surface area contributed by atoms with E-state index in [1.807, 2.05) is 0 Å². The van der Waals surface area contributed by atoms with Crippen molar-refractivity contribution < 1.29 is 49.6 Å². The molecule has 3 rings (SSSR count). The molecule has 3 saturated heterocycles. The molecular weight excluding hydrogens is 304 g/mol. The van der Waals surface area contributed by atoms with Gasteiger partial charge in [-0.1, -0.05) is 0 Å². The van der Waals surface area contributed by atoms with Crippen molar-refractivity contribution in [3.8, 4) is 0 Å². The van der Waals surface area contributed by atoms with Gasteiger partial charge in [-0.2, -0.15) is 0 Å². The molecule has 0 aliphatic carbocycles. The summed E-state index contributed by atoms with van der Waals surface area (Å²) in [6.07, 6.45) is -12.1. The first-order valence-electron chi connectivity index (χ1n) is 7.03. The summed E-state index contributed by atoms with van der Waals surface area (Å²) in [5, 5.41) is 57.9. The Morgan fingerprint density at radius 2 is 1.64 bits per heavy atom. The van der Waals surface area contributed by atoms with E-state index in [4.69, 9.17) is 24.1 Å². The molecule has 0 radical (unpaired) electrons. The number of ether oxygens (including phenoxy) is 4. The average Bonchev–Trinajstić information content (AvgIpc) is 3.00. The minimum Gasteiger partial charge on any atom is -0.394 e. The van der Waals surface area contributed by atoms with E-state index in [2.05, 4.69) is 0 Å². The molecular formula is C12H20O10. The molecule has 10 heteroatoms. The van der Waals surface area contributed by atoms with Crippen molar-refractivity contribution in [1.29, 1.82) is 0 Å². The topological polar surface area (TPSA) is 158 Å². The molecule has 0 aromatic carbocycles. The smallest absolute Gasteiger partial charge is 0.187 e. The molecule has 0 aromatic heterocycles. The van der Waals surface area contributed by atoms with Crippen LogP contribution in [0.25, 0.3) is 0 Å². The Morgan fingerprint density at radius 1 is 0.909 bits per heavy atom. The van der Waals surface area contributed by atoms with Crippen LogP contribution in [-0.2, 0) is 18.9 Å². The summed E-state index contributed by atoms with van der Waals surface area (Å²) in [5.41, 5.74) is 0. The summed E-state index contributed by atoms with van der Waals surface area (Å²) in [6, 6.07) is 0. The summed E-state index contributed by atoms with van der Waals surface area (Å²) in [4.78, 5) is 0. The fourth-order valence-corrected chi connectivity index (χ4v) is 2.95. The normalized spacial score (nSPS) is 55.4. The highest BCUT2D eigenvalue weighted by Gasteiger charge is 2.55. The number of hydrogen-bond acceptors (Lipinski definition) is 10. The van der Waals surface area contributed by atoms with Crippen LogP contribution in [0.2, 0.25) is 0 Å². The number of fused-ring (bicyclic) bond motifs is 1. The third-order valence-electron chi connectivity index (χ3n) is 4.20. The largest absolute Gasteiger partial charge is 0.394 e. The SMILES string of the molecule is OC[C@H]1O[C@H](O[C@@H]2C(O)O[C@H]3[C@@H]2OC[C@H]3O)[C@H](O)[C@@H](O)[C@@H]1O. The van der Waals surface area contributed by atoms with Crippen molar-refractivity contribution in [1.82, 2.24) is 0 Å². The van der Waals surface area contributed by atoms with Crippen LogP contribution in [-0.4, -0.2) is 105 Å². The van der Waals surface area contributed by atoms with Crippen LogP contribution in [0.5, 0.6) is 0 Å². The third kappa shape index (κ3) is 2.65. The van der Waals surface area contributed by atoms with Crippen molar-refractivity contribution in [3.05, 3.63) is 0 Å². The van der Waals surface area contributed by atoms with Gasteiger partial charge in [0.2, 0.25) is 0 Å². The lowest BCUT2D eigenvalue weighted by Gasteiger charge is -2.40. The highest BCUT2D eigenvalue weighted by Crippen LogP contribution is 2.34. The second-order valence-electron chi connectivity index (χ2n) is 5.65. The maximum Gasteiger partial charge on any atom is 0.187 e. The average molecular weight is 324 g/mol. The zero-order chi connectivity index (χ0) is 16.0. The number of aliphatic hydroxyl groups excluding tert-OH is 6. The summed E-state index contributed by atoms with van der Waals surface area (Å²) < 4.78 is 21.1. The third-order valence-corrected chi connectivity index (χ3v) is 4.20. The van der Waals surface area contributed by atoms with E-state index in [1.165, 1.54) is 0 Å². The molecule has 6 N–H and O–H groups in total. The Hall–Kier alpha value is -0.400. The van der Waals surface area contributed by atoms with Gasteiger partial charge in [-0.15, -0.1) is 0 Å². The molecule has 0 spiro atoms. The molecule has 10 atom stereocenters. The first kappa shape index (κ1) is 16.5. The molecule has 3 aliphatic rings. The van der Waals surface area contributed by atoms with Crippen LogP contribution in [0.15, 0.2) is 0 Å². The summed E-state index contributed by atoms with van der Waals surface area (Å²) in [7, 11) is 0. The molecule has 1 unspecified atom stereocenters. The van der Waals surface area contributed by atoms with E-state index in [1.54, 1.807) is 0 Å². The Morgan fingerprint density at radius 3 is 2.32 bits per heavy atom. The van der Waals surface area contributed by atoms with Crippen LogP contribution in [0.3, 0.4) is 0 Å². The fourth-order valence-electron chi connectivity index (χ4n) is 2.95. The van der Waals surface area contributed by atoms with Gasteiger partial charge in [0, 0.05) is 0 Å². The van der Waals surface area contributed by atoms with Crippen molar-refractivity contribution in [2.45, 2.75) is 61.4 Å². The van der Waals surface area contributed by atoms with Gasteiger partial charge in [0.05, 0.1) is 13.2 Å². The molecule has 0 saturated carbocycles. The molecule has 10 nitrogen and oxygen atoms in total. The van der Waals surface area contributed by atoms with Gasteiger partial charge in [0.25, 0.3) is 0 Å². The predicted molar refractivity (Wildman–Crippen MR) is 65.3 cm³/mol. The molecule has 3 aliphatic heterocycles. The molecule has 0 bridgehead atoms. The van der Waals surface area contributed by atoms with Gasteiger partial charge in [-0.05, 0) is 0 Å². The fraction of sp³-hybridized carbons (Fsp3) is 1.00. The van der Waals surface area contributed by atoms with Crippen molar-refractivity contribution in [3.63, 3.8) is 0 Å². The summed E-state index contributed by atoms with van der Waals surface area (Å²) in [5.74, 6) is 0. The Labute approximate surface area is 125 Å². The van der Waals surface area contributed by atoms with Crippen molar-refractivity contribution in [2.75, 3.05) is 13.2 Å². The maximum atomic E-state index is 9.91. The minimum atomic E-state index is -1.59. The van der Waals surface area contributed by atoms with Crippen LogP contribution >= 0.6 is 0 Å². The lowest BCUT2D eigenvalue weighted by molar-refractivity contribution is -0.325. The van der Waals surface area contributed by atoms with E-state index in [-0.39, 0.29) is 6.61 Å². The molecule has 128 valence electrons. The lowest BCUT2D eigenvalue weighted by Crippen LogP contribution is -2.60. The van der Waals surface area contributed by atoms with E-state index in [0.717, 1.165) is 0 Å². The van der Waals surface area contributed by atoms with Gasteiger partial charge >= 0.3 is 0 Å². The second kappa shape index (κ2) is 6.24. The Bertz CT molecular complexity index is 392. The minimum absolute atomic E-state index is 0.0244. The van der Waals surface area contributed by atoms with E-state index in [0.29, 0.717) is 0 Å². The van der Waals surface area contributed by atoms with Gasteiger partial charge in [-0.25, -0.2) is 0 Å². The van der Waals surface area contributed by atoms with Gasteiger partial charge in [0.1, 0.15) is 48.8 Å². The maximum absolute atomic E-state index is 9.91. The van der Waals surface area contributed by atoms with Crippen molar-refractivity contribution >= 4 is 0 Å². The zero-order valence-corrected chi connectivity index (χ0v) is 11.5. The van der Waals surface area contributed by atoms with Gasteiger partial charge in [0.15, 0.2) is 12.6 Å². The highest BCUT2D eigenvalue weighted by atomic mass is 16.7. The summed E-state index contributed by atoms with van der Waals surface area (Å²) in [6.45, 7) is -0.563. The molecule has 0 aromatic rings. The predicted octanol–water partition coefficient (Wildman–Crippen LogP) is -4.35. The molecule has 0 amide bonds. The van der Waals surface area contributed by atoms with Crippen LogP contribution in [0.4, 0.5) is 0 Å². The Balaban J connectivity index is 1.69. The van der Waals surface area contributed by atoms with E-state index < -0.39 is 68.0 Å². The number of rotatable bonds is 3. The first-order valence-corrected chi connectivity index (χ1v) is 7.03. The monoisotopic (exact) mass is 324 g/mol. The molecule has 22 heavy (non-hydrogen) atoms. The van der Waals surface area contributed by atoms with Gasteiger partial charge in [-0.3, -0.25) is 0 Å². The lowest BCUT2D eigenvalue weighted by atomic mass is 9.99. The van der Waals surface area contributed by atoms with Crippen LogP contribution in [0.1, 0.15) is 0 Å². The van der Waals surface area contributed by atoms with Crippen LogP contribution in [0, 0.1) is 0 Å². The standard InChI is InChI=1S/C12H20O10/c13-1-4-5(15)6(16)7(17)12(20-4)22-10-9-8(21-11(10)18)3(14)2-19-9/h3-18H,1-2H2/t3-,4-,5-,6+,7-,8-,9+,10+,11?,12-/m1/s1. The zero-order valence-electron chi connectivity index (χ0n) is 11.5. The van der Waals surface area contributed by atoms with Crippen molar-refractivity contribution in [2.24, 2.45) is 0 Å². The van der Waals surface area contributed by atoms with E-state index >= 15 is 0 Å². The first-order chi connectivity index (χ1) is 10.4.